The highest BCUT2D eigenvalue weighted by Gasteiger charge is 2.29. The highest BCUT2D eigenvalue weighted by atomic mass is 14.6. The predicted molar refractivity (Wildman–Crippen MR) is 72.3 cm³/mol. The molecule has 0 aromatic carbocycles. The quantitative estimate of drug-likeness (QED) is 0.673. The number of hydrogen-bond acceptors (Lipinski definition) is 1. The molecule has 0 aromatic rings. The van der Waals surface area contributed by atoms with Crippen LogP contribution < -0.4 is 5.73 Å². The van der Waals surface area contributed by atoms with Crippen molar-refractivity contribution in [3.8, 4) is 0 Å². The number of allylic oxidation sites excluding steroid dienone is 1. The van der Waals surface area contributed by atoms with Gasteiger partial charge in [0.25, 0.3) is 0 Å². The van der Waals surface area contributed by atoms with Crippen LogP contribution >= 0.6 is 0 Å². The summed E-state index contributed by atoms with van der Waals surface area (Å²) in [6.07, 6.45) is 9.25. The molecular weight excluding hydrogens is 194 g/mol. The molecule has 2 N–H and O–H groups in total. The Morgan fingerprint density at radius 2 is 2.00 bits per heavy atom. The molecule has 1 nitrogen and oxygen atoms in total. The normalized spacial score (nSPS) is 30.3. The molecule has 0 radical (unpaired) electrons. The standard InChI is InChI=1S/C15H29N/c1-4-6-13-7-8-14(11-16)15(10-13)9-12(3)5-2/h13-15H,3-11,16H2,1-2H3. The van der Waals surface area contributed by atoms with Gasteiger partial charge in [0.2, 0.25) is 0 Å². The van der Waals surface area contributed by atoms with Crippen molar-refractivity contribution < 1.29 is 0 Å². The number of nitrogens with two attached hydrogens (primary N) is 1. The summed E-state index contributed by atoms with van der Waals surface area (Å²) in [5.41, 5.74) is 7.32. The SMILES string of the molecule is C=C(CC)CC1CC(CCC)CCC1CN. The molecular formula is C15H29N. The van der Waals surface area contributed by atoms with Gasteiger partial charge in [-0.2, -0.15) is 0 Å². The van der Waals surface area contributed by atoms with E-state index in [1.807, 2.05) is 0 Å². The molecule has 0 saturated heterocycles. The van der Waals surface area contributed by atoms with Crippen molar-refractivity contribution in [2.75, 3.05) is 6.54 Å². The maximum atomic E-state index is 5.90. The summed E-state index contributed by atoms with van der Waals surface area (Å²) in [6, 6.07) is 0. The van der Waals surface area contributed by atoms with Gasteiger partial charge in [0.05, 0.1) is 0 Å². The molecule has 0 aliphatic heterocycles. The van der Waals surface area contributed by atoms with Gasteiger partial charge in [0.1, 0.15) is 0 Å². The minimum atomic E-state index is 0.761. The van der Waals surface area contributed by atoms with E-state index in [9.17, 15) is 0 Å². The van der Waals surface area contributed by atoms with Crippen molar-refractivity contribution >= 4 is 0 Å². The van der Waals surface area contributed by atoms with Gasteiger partial charge in [-0.3, -0.25) is 0 Å². The van der Waals surface area contributed by atoms with Crippen molar-refractivity contribution in [1.82, 2.24) is 0 Å². The third-order valence-electron chi connectivity index (χ3n) is 4.30. The van der Waals surface area contributed by atoms with E-state index in [0.717, 1.165) is 30.7 Å². The first-order valence-corrected chi connectivity index (χ1v) is 7.07. The van der Waals surface area contributed by atoms with E-state index in [1.54, 1.807) is 0 Å². The Kier molecular flexibility index (Phi) is 6.12. The van der Waals surface area contributed by atoms with Gasteiger partial charge in [-0.25, -0.2) is 0 Å². The highest BCUT2D eigenvalue weighted by Crippen LogP contribution is 2.38. The molecule has 0 amide bonds. The lowest BCUT2D eigenvalue weighted by Gasteiger charge is -2.36. The minimum absolute atomic E-state index is 0.761. The Balaban J connectivity index is 2.49. The predicted octanol–water partition coefficient (Wildman–Crippen LogP) is 4.13. The molecule has 94 valence electrons. The molecule has 0 heterocycles. The van der Waals surface area contributed by atoms with Gasteiger partial charge in [-0.1, -0.05) is 45.3 Å². The van der Waals surface area contributed by atoms with Gasteiger partial charge < -0.3 is 5.73 Å². The Morgan fingerprint density at radius 1 is 1.25 bits per heavy atom. The number of hydrogen-bond donors (Lipinski definition) is 1. The van der Waals surface area contributed by atoms with E-state index >= 15 is 0 Å². The molecule has 1 aliphatic carbocycles. The van der Waals surface area contributed by atoms with Crippen LogP contribution in [0.5, 0.6) is 0 Å². The third kappa shape index (κ3) is 3.93. The molecule has 3 unspecified atom stereocenters. The summed E-state index contributed by atoms with van der Waals surface area (Å²) in [4.78, 5) is 0. The van der Waals surface area contributed by atoms with Crippen molar-refractivity contribution in [3.63, 3.8) is 0 Å². The summed E-state index contributed by atoms with van der Waals surface area (Å²) in [7, 11) is 0. The van der Waals surface area contributed by atoms with Crippen molar-refractivity contribution in [2.24, 2.45) is 23.5 Å². The maximum Gasteiger partial charge on any atom is -0.00461 e. The molecule has 1 heteroatoms. The Morgan fingerprint density at radius 3 is 2.56 bits per heavy atom. The van der Waals surface area contributed by atoms with Gasteiger partial charge in [-0.05, 0) is 50.0 Å². The van der Waals surface area contributed by atoms with Crippen molar-refractivity contribution in [3.05, 3.63) is 12.2 Å². The first kappa shape index (κ1) is 13.8. The van der Waals surface area contributed by atoms with Gasteiger partial charge >= 0.3 is 0 Å². The van der Waals surface area contributed by atoms with E-state index in [-0.39, 0.29) is 0 Å². The largest absolute Gasteiger partial charge is 0.330 e. The molecule has 1 aliphatic rings. The Labute approximate surface area is 101 Å². The van der Waals surface area contributed by atoms with E-state index in [0.29, 0.717) is 0 Å². The molecule has 1 fully saturated rings. The first-order valence-electron chi connectivity index (χ1n) is 7.07. The zero-order chi connectivity index (χ0) is 12.0. The second kappa shape index (κ2) is 7.11. The highest BCUT2D eigenvalue weighted by molar-refractivity contribution is 4.97. The fraction of sp³-hybridized carbons (Fsp3) is 0.867. The van der Waals surface area contributed by atoms with Crippen LogP contribution in [0.3, 0.4) is 0 Å². The lowest BCUT2D eigenvalue weighted by atomic mass is 9.70. The Bertz CT molecular complexity index is 209. The molecule has 0 bridgehead atoms. The molecule has 0 spiro atoms. The number of rotatable bonds is 6. The zero-order valence-corrected chi connectivity index (χ0v) is 11.2. The molecule has 3 atom stereocenters. The summed E-state index contributed by atoms with van der Waals surface area (Å²) in [5.74, 6) is 2.54. The van der Waals surface area contributed by atoms with Crippen LogP contribution in [0.1, 0.15) is 58.8 Å². The van der Waals surface area contributed by atoms with Crippen LogP contribution in [0.15, 0.2) is 12.2 Å². The van der Waals surface area contributed by atoms with Crippen LogP contribution in [-0.4, -0.2) is 6.54 Å². The van der Waals surface area contributed by atoms with Crippen molar-refractivity contribution in [2.45, 2.75) is 58.8 Å². The zero-order valence-electron chi connectivity index (χ0n) is 11.2. The van der Waals surface area contributed by atoms with E-state index in [1.165, 1.54) is 44.1 Å². The molecule has 16 heavy (non-hydrogen) atoms. The monoisotopic (exact) mass is 223 g/mol. The lowest BCUT2D eigenvalue weighted by Crippen LogP contribution is -2.30. The summed E-state index contributed by atoms with van der Waals surface area (Å²) < 4.78 is 0. The molecule has 1 saturated carbocycles. The summed E-state index contributed by atoms with van der Waals surface area (Å²) in [5, 5.41) is 0. The minimum Gasteiger partial charge on any atom is -0.330 e. The van der Waals surface area contributed by atoms with Crippen LogP contribution in [0.2, 0.25) is 0 Å². The summed E-state index contributed by atoms with van der Waals surface area (Å²) >= 11 is 0. The second-order valence-corrected chi connectivity index (χ2v) is 5.53. The van der Waals surface area contributed by atoms with Gasteiger partial charge in [0.15, 0.2) is 0 Å². The molecule has 0 aromatic heterocycles. The van der Waals surface area contributed by atoms with Crippen LogP contribution in [-0.2, 0) is 0 Å². The average Bonchev–Trinajstić information content (AvgIpc) is 2.30. The van der Waals surface area contributed by atoms with Gasteiger partial charge in [0, 0.05) is 0 Å². The second-order valence-electron chi connectivity index (χ2n) is 5.53. The fourth-order valence-electron chi connectivity index (χ4n) is 3.17. The van der Waals surface area contributed by atoms with Crippen molar-refractivity contribution in [1.29, 1.82) is 0 Å². The lowest BCUT2D eigenvalue weighted by molar-refractivity contribution is 0.175. The Hall–Kier alpha value is -0.300. The maximum absolute atomic E-state index is 5.90. The average molecular weight is 223 g/mol. The summed E-state index contributed by atoms with van der Waals surface area (Å²) in [6.45, 7) is 9.56. The molecule has 1 rings (SSSR count). The van der Waals surface area contributed by atoms with E-state index < -0.39 is 0 Å². The van der Waals surface area contributed by atoms with E-state index in [4.69, 9.17) is 5.73 Å². The first-order chi connectivity index (χ1) is 7.71. The topological polar surface area (TPSA) is 26.0 Å². The van der Waals surface area contributed by atoms with Gasteiger partial charge in [-0.15, -0.1) is 0 Å². The van der Waals surface area contributed by atoms with Crippen LogP contribution in [0.25, 0.3) is 0 Å². The smallest absolute Gasteiger partial charge is 0.00461 e. The fourth-order valence-corrected chi connectivity index (χ4v) is 3.17. The van der Waals surface area contributed by atoms with Crippen LogP contribution in [0, 0.1) is 17.8 Å². The van der Waals surface area contributed by atoms with Crippen LogP contribution in [0.4, 0.5) is 0 Å². The third-order valence-corrected chi connectivity index (χ3v) is 4.30. The van der Waals surface area contributed by atoms with E-state index in [2.05, 4.69) is 20.4 Å².